The van der Waals surface area contributed by atoms with Gasteiger partial charge in [-0.15, -0.1) is 11.3 Å². The number of hydrogen-bond acceptors (Lipinski definition) is 7. The number of nitrogens with zero attached hydrogens (tertiary/aromatic N) is 5. The highest BCUT2D eigenvalue weighted by molar-refractivity contribution is 7.16. The average Bonchev–Trinajstić information content (AvgIpc) is 3.43. The first-order valence-electron chi connectivity index (χ1n) is 15.6. The zero-order valence-corrected chi connectivity index (χ0v) is 25.3. The lowest BCUT2D eigenvalue weighted by atomic mass is 9.98. The fraction of sp³-hybridized carbons (Fsp3) is 0.562. The van der Waals surface area contributed by atoms with Gasteiger partial charge < -0.3 is 34.5 Å². The van der Waals surface area contributed by atoms with E-state index in [0.29, 0.717) is 23.8 Å². The molecule has 1 saturated carbocycles. The number of hydrogen-bond donors (Lipinski definition) is 2. The van der Waals surface area contributed by atoms with Gasteiger partial charge in [-0.1, -0.05) is 0 Å². The zero-order chi connectivity index (χ0) is 28.8. The SMILES string of the molecule is COc1cc(C(=O)N2CCC[C@@H](N)C2)cc2nc(-c3cc4ccsc4n3CC3CC3)n(CCN3CCC(CO)CC3)c12. The van der Waals surface area contributed by atoms with Crippen molar-refractivity contribution in [2.45, 2.75) is 57.7 Å². The Morgan fingerprint density at radius 2 is 1.90 bits per heavy atom. The van der Waals surface area contributed by atoms with Crippen LogP contribution in [0, 0.1) is 11.8 Å². The molecule has 7 rings (SSSR count). The quantitative estimate of drug-likeness (QED) is 0.300. The van der Waals surface area contributed by atoms with Crippen LogP contribution in [0.5, 0.6) is 5.75 Å². The molecule has 2 aliphatic heterocycles. The van der Waals surface area contributed by atoms with Gasteiger partial charge >= 0.3 is 0 Å². The van der Waals surface area contributed by atoms with Gasteiger partial charge in [0.25, 0.3) is 5.91 Å². The summed E-state index contributed by atoms with van der Waals surface area (Å²) in [5.41, 5.74) is 9.67. The number of fused-ring (bicyclic) bond motifs is 2. The van der Waals surface area contributed by atoms with E-state index in [-0.39, 0.29) is 18.6 Å². The smallest absolute Gasteiger partial charge is 0.254 e. The number of nitrogens with two attached hydrogens (primary N) is 1. The number of thiophene rings is 1. The Hall–Kier alpha value is -2.92. The van der Waals surface area contributed by atoms with Crippen LogP contribution >= 0.6 is 11.3 Å². The van der Waals surface area contributed by atoms with E-state index < -0.39 is 0 Å². The topological polar surface area (TPSA) is 102 Å². The standard InChI is InChI=1S/C32H42N6O3S/c1-41-28-17-24(31(40)36-9-2-3-25(33)19-36)15-26-29(28)37(13-12-35-10-6-22(20-39)7-11-35)30(34-26)27-16-23-8-14-42-32(23)38(27)18-21-4-5-21/h8,14-17,21-22,25,39H,2-7,9-13,18-20,33H2,1H3/t25-/m1/s1. The first-order valence-corrected chi connectivity index (χ1v) is 16.4. The van der Waals surface area contributed by atoms with Gasteiger partial charge in [0.2, 0.25) is 0 Å². The molecule has 1 atom stereocenters. The van der Waals surface area contributed by atoms with Crippen molar-refractivity contribution in [1.82, 2.24) is 23.9 Å². The van der Waals surface area contributed by atoms with E-state index in [0.717, 1.165) is 93.4 Å². The lowest BCUT2D eigenvalue weighted by Gasteiger charge is -2.31. The monoisotopic (exact) mass is 590 g/mol. The van der Waals surface area contributed by atoms with E-state index in [1.165, 1.54) is 23.1 Å². The van der Waals surface area contributed by atoms with Crippen molar-refractivity contribution in [3.63, 3.8) is 0 Å². The van der Waals surface area contributed by atoms with Crippen LogP contribution in [0.3, 0.4) is 0 Å². The number of carbonyl (C=O) groups excluding carboxylic acids is 1. The van der Waals surface area contributed by atoms with Crippen LogP contribution in [0.2, 0.25) is 0 Å². The molecule has 1 aliphatic carbocycles. The average molecular weight is 591 g/mol. The third-order valence-corrected chi connectivity index (χ3v) is 10.4. The molecular weight excluding hydrogens is 548 g/mol. The van der Waals surface area contributed by atoms with Crippen LogP contribution in [0.4, 0.5) is 0 Å². The highest BCUT2D eigenvalue weighted by Crippen LogP contribution is 2.39. The third-order valence-electron chi connectivity index (χ3n) is 9.49. The predicted molar refractivity (Wildman–Crippen MR) is 167 cm³/mol. The Labute approximate surface area is 250 Å². The minimum absolute atomic E-state index is 0.00849. The number of ether oxygens (including phenoxy) is 1. The molecule has 3 aliphatic rings. The fourth-order valence-corrected chi connectivity index (χ4v) is 7.74. The Kier molecular flexibility index (Phi) is 7.73. The van der Waals surface area contributed by atoms with E-state index in [1.54, 1.807) is 18.4 Å². The maximum atomic E-state index is 13.6. The van der Waals surface area contributed by atoms with E-state index in [1.807, 2.05) is 17.0 Å². The second-order valence-electron chi connectivity index (χ2n) is 12.5. The second kappa shape index (κ2) is 11.6. The van der Waals surface area contributed by atoms with Gasteiger partial charge in [-0.3, -0.25) is 4.79 Å². The molecule has 0 bridgehead atoms. The number of amides is 1. The van der Waals surface area contributed by atoms with Crippen molar-refractivity contribution in [3.05, 3.63) is 35.2 Å². The summed E-state index contributed by atoms with van der Waals surface area (Å²) >= 11 is 1.79. The number of benzene rings is 1. The number of imidazole rings is 1. The molecule has 1 aromatic carbocycles. The zero-order valence-electron chi connectivity index (χ0n) is 24.5. The van der Waals surface area contributed by atoms with E-state index in [4.69, 9.17) is 15.5 Å². The number of rotatable bonds is 9. The summed E-state index contributed by atoms with van der Waals surface area (Å²) < 4.78 is 10.8. The molecule has 4 aromatic rings. The molecule has 3 fully saturated rings. The summed E-state index contributed by atoms with van der Waals surface area (Å²) in [6.07, 6.45) is 6.51. The first kappa shape index (κ1) is 27.9. The van der Waals surface area contributed by atoms with Gasteiger partial charge in [0.05, 0.1) is 18.3 Å². The van der Waals surface area contributed by atoms with Crippen molar-refractivity contribution >= 4 is 38.5 Å². The van der Waals surface area contributed by atoms with Gasteiger partial charge in [0.15, 0.2) is 5.82 Å². The molecule has 224 valence electrons. The maximum absolute atomic E-state index is 13.6. The molecule has 10 heteroatoms. The molecule has 5 heterocycles. The Bertz CT molecular complexity index is 1580. The van der Waals surface area contributed by atoms with Crippen molar-refractivity contribution in [2.24, 2.45) is 17.6 Å². The minimum atomic E-state index is -0.00849. The van der Waals surface area contributed by atoms with Crippen molar-refractivity contribution in [2.75, 3.05) is 46.4 Å². The van der Waals surface area contributed by atoms with Gasteiger partial charge in [-0.05, 0) is 93.1 Å². The van der Waals surface area contributed by atoms with Crippen LogP contribution < -0.4 is 10.5 Å². The molecule has 2 saturated heterocycles. The normalized spacial score (nSPS) is 20.6. The largest absolute Gasteiger partial charge is 0.494 e. The summed E-state index contributed by atoms with van der Waals surface area (Å²) in [5.74, 6) is 2.74. The number of carbonyl (C=O) groups is 1. The van der Waals surface area contributed by atoms with Gasteiger partial charge in [0, 0.05) is 56.3 Å². The maximum Gasteiger partial charge on any atom is 0.254 e. The lowest BCUT2D eigenvalue weighted by Crippen LogP contribution is -2.45. The molecular formula is C32H42N6O3S. The van der Waals surface area contributed by atoms with Crippen molar-refractivity contribution < 1.29 is 14.6 Å². The van der Waals surface area contributed by atoms with Crippen LogP contribution in [0.15, 0.2) is 29.6 Å². The van der Waals surface area contributed by atoms with Crippen LogP contribution in [-0.2, 0) is 13.1 Å². The fourth-order valence-electron chi connectivity index (χ4n) is 6.83. The van der Waals surface area contributed by atoms with Gasteiger partial charge in [-0.2, -0.15) is 0 Å². The van der Waals surface area contributed by atoms with Gasteiger partial charge in [0.1, 0.15) is 16.1 Å². The minimum Gasteiger partial charge on any atom is -0.494 e. The van der Waals surface area contributed by atoms with E-state index in [9.17, 15) is 9.90 Å². The van der Waals surface area contributed by atoms with Gasteiger partial charge in [-0.25, -0.2) is 4.98 Å². The van der Waals surface area contributed by atoms with Crippen LogP contribution in [0.25, 0.3) is 32.8 Å². The molecule has 3 aromatic heterocycles. The molecule has 42 heavy (non-hydrogen) atoms. The van der Waals surface area contributed by atoms with E-state index in [2.05, 4.69) is 31.5 Å². The van der Waals surface area contributed by atoms with Crippen molar-refractivity contribution in [3.8, 4) is 17.3 Å². The summed E-state index contributed by atoms with van der Waals surface area (Å²) in [7, 11) is 1.68. The van der Waals surface area contributed by atoms with Crippen molar-refractivity contribution in [1.29, 1.82) is 0 Å². The van der Waals surface area contributed by atoms with Crippen LogP contribution in [-0.4, -0.2) is 87.4 Å². The van der Waals surface area contributed by atoms with E-state index >= 15 is 0 Å². The highest BCUT2D eigenvalue weighted by Gasteiger charge is 2.29. The second-order valence-corrected chi connectivity index (χ2v) is 13.4. The Balaban J connectivity index is 1.31. The highest BCUT2D eigenvalue weighted by atomic mass is 32.1. The molecule has 9 nitrogen and oxygen atoms in total. The number of aliphatic hydroxyl groups is 1. The van der Waals surface area contributed by atoms with Crippen LogP contribution in [0.1, 0.15) is 48.9 Å². The molecule has 3 N–H and O–H groups in total. The number of aliphatic hydroxyl groups excluding tert-OH is 1. The third kappa shape index (κ3) is 5.34. The summed E-state index contributed by atoms with van der Waals surface area (Å²) in [6.45, 7) is 6.24. The Morgan fingerprint density at radius 3 is 2.64 bits per heavy atom. The molecule has 1 amide bonds. The first-order chi connectivity index (χ1) is 20.5. The summed E-state index contributed by atoms with van der Waals surface area (Å²) in [6, 6.07) is 8.35. The number of piperidine rings is 2. The summed E-state index contributed by atoms with van der Waals surface area (Å²) in [5, 5.41) is 13.0. The molecule has 0 radical (unpaired) electrons. The Morgan fingerprint density at radius 1 is 1.07 bits per heavy atom. The number of methoxy groups -OCH3 is 1. The predicted octanol–water partition coefficient (Wildman–Crippen LogP) is 4.41. The number of aromatic nitrogens is 3. The lowest BCUT2D eigenvalue weighted by molar-refractivity contribution is 0.0708. The summed E-state index contributed by atoms with van der Waals surface area (Å²) in [4.78, 5) is 24.6. The molecule has 0 unspecified atom stereocenters. The molecule has 0 spiro atoms. The number of likely N-dealkylation sites (tertiary alicyclic amines) is 2.